The minimum Gasteiger partial charge on any atom is -0.404 e. The number of hydrogen-bond donors (Lipinski definition) is 2. The molecule has 0 bridgehead atoms. The lowest BCUT2D eigenvalue weighted by Crippen LogP contribution is -2.43. The van der Waals surface area contributed by atoms with Crippen LogP contribution in [0.3, 0.4) is 0 Å². The van der Waals surface area contributed by atoms with Crippen LogP contribution >= 0.6 is 0 Å². The molecule has 2 unspecified atom stereocenters. The zero-order valence-electron chi connectivity index (χ0n) is 17.0. The molecule has 3 fully saturated rings. The smallest absolute Gasteiger partial charge is 0.404 e. The summed E-state index contributed by atoms with van der Waals surface area (Å²) >= 11 is 0. The molecule has 2 saturated heterocycles. The van der Waals surface area contributed by atoms with Gasteiger partial charge in [0.05, 0.1) is 23.8 Å². The summed E-state index contributed by atoms with van der Waals surface area (Å²) in [6, 6.07) is 1.42. The number of amides is 1. The Morgan fingerprint density at radius 1 is 1.26 bits per heavy atom. The van der Waals surface area contributed by atoms with Crippen LogP contribution in [0.2, 0.25) is 0 Å². The van der Waals surface area contributed by atoms with Gasteiger partial charge in [0.25, 0.3) is 0 Å². The average Bonchev–Trinajstić information content (AvgIpc) is 3.23. The predicted octanol–water partition coefficient (Wildman–Crippen LogP) is 1.92. The Morgan fingerprint density at radius 3 is 2.77 bits per heavy atom. The number of nitrogens with zero attached hydrogens (tertiary/aromatic N) is 2. The number of rotatable bonds is 3. The van der Waals surface area contributed by atoms with Crippen molar-refractivity contribution in [1.82, 2.24) is 15.2 Å². The zero-order valence-corrected chi connectivity index (χ0v) is 17.0. The van der Waals surface area contributed by atoms with E-state index in [9.17, 15) is 23.1 Å². The van der Waals surface area contributed by atoms with Crippen molar-refractivity contribution >= 4 is 5.91 Å². The number of carbonyl (C=O) groups is 1. The lowest BCUT2D eigenvalue weighted by molar-refractivity contribution is -0.274. The van der Waals surface area contributed by atoms with Crippen molar-refractivity contribution in [2.45, 2.75) is 75.7 Å². The topological polar surface area (TPSA) is 83.9 Å². The summed E-state index contributed by atoms with van der Waals surface area (Å²) < 4.78 is 47.0. The summed E-state index contributed by atoms with van der Waals surface area (Å²) in [6.07, 6.45) is -0.365. The van der Waals surface area contributed by atoms with E-state index in [1.54, 1.807) is 4.90 Å². The first-order valence-corrected chi connectivity index (χ1v) is 10.8. The molecule has 170 valence electrons. The molecule has 1 aromatic heterocycles. The maximum Gasteiger partial charge on any atom is 0.573 e. The molecule has 0 aromatic carbocycles. The van der Waals surface area contributed by atoms with Crippen molar-refractivity contribution in [2.24, 2.45) is 5.41 Å². The molecule has 31 heavy (non-hydrogen) atoms. The van der Waals surface area contributed by atoms with Crippen LogP contribution in [0.1, 0.15) is 43.4 Å². The number of aliphatic hydroxyl groups excluding tert-OH is 1. The quantitative estimate of drug-likeness (QED) is 0.746. The lowest BCUT2D eigenvalue weighted by Gasteiger charge is -2.32. The molecule has 10 heteroatoms. The van der Waals surface area contributed by atoms with Crippen molar-refractivity contribution in [2.75, 3.05) is 13.2 Å². The number of carbonyl (C=O) groups excluding carboxylic acids is 1. The second-order valence-corrected chi connectivity index (χ2v) is 9.12. The average molecular weight is 441 g/mol. The van der Waals surface area contributed by atoms with Crippen molar-refractivity contribution in [3.8, 4) is 5.75 Å². The monoisotopic (exact) mass is 441 g/mol. The first-order valence-electron chi connectivity index (χ1n) is 10.8. The number of halogens is 3. The predicted molar refractivity (Wildman–Crippen MR) is 102 cm³/mol. The van der Waals surface area contributed by atoms with E-state index in [-0.39, 0.29) is 18.5 Å². The molecular weight excluding hydrogens is 415 g/mol. The molecule has 5 rings (SSSR count). The van der Waals surface area contributed by atoms with E-state index in [4.69, 9.17) is 4.74 Å². The number of aromatic nitrogens is 1. The molecule has 1 spiro atoms. The van der Waals surface area contributed by atoms with Crippen LogP contribution in [0, 0.1) is 5.41 Å². The van der Waals surface area contributed by atoms with Crippen molar-refractivity contribution in [3.63, 3.8) is 0 Å². The van der Waals surface area contributed by atoms with Gasteiger partial charge >= 0.3 is 6.36 Å². The number of hydrogen-bond acceptors (Lipinski definition) is 6. The molecule has 0 radical (unpaired) electrons. The number of ether oxygens (including phenoxy) is 2. The Hall–Kier alpha value is -1.91. The van der Waals surface area contributed by atoms with E-state index in [2.05, 4.69) is 15.0 Å². The Balaban J connectivity index is 1.31. The number of alkyl halides is 3. The van der Waals surface area contributed by atoms with Crippen LogP contribution in [0.5, 0.6) is 5.75 Å². The zero-order chi connectivity index (χ0) is 21.8. The Labute approximate surface area is 177 Å². The van der Waals surface area contributed by atoms with E-state index in [0.29, 0.717) is 36.6 Å². The maximum absolute atomic E-state index is 13.4. The van der Waals surface area contributed by atoms with Gasteiger partial charge in [0.15, 0.2) is 0 Å². The van der Waals surface area contributed by atoms with Crippen LogP contribution in [-0.4, -0.2) is 64.7 Å². The molecule has 4 aliphatic rings. The fraction of sp³-hybridized carbons (Fsp3) is 0.714. The van der Waals surface area contributed by atoms with Gasteiger partial charge < -0.3 is 24.8 Å². The van der Waals surface area contributed by atoms with Gasteiger partial charge in [-0.3, -0.25) is 9.78 Å². The fourth-order valence-electron chi connectivity index (χ4n) is 5.80. The van der Waals surface area contributed by atoms with Gasteiger partial charge in [-0.1, -0.05) is 0 Å². The Morgan fingerprint density at radius 2 is 2.03 bits per heavy atom. The second kappa shape index (κ2) is 7.60. The molecule has 4 atom stereocenters. The summed E-state index contributed by atoms with van der Waals surface area (Å²) in [5.74, 6) is -0.498. The van der Waals surface area contributed by atoms with Crippen LogP contribution in [0.15, 0.2) is 12.3 Å². The number of aliphatic hydroxyl groups is 1. The molecule has 1 aromatic rings. The number of pyridine rings is 1. The molecule has 1 aliphatic carbocycles. The molecule has 4 heterocycles. The van der Waals surface area contributed by atoms with Crippen LogP contribution in [0.4, 0.5) is 13.2 Å². The Bertz CT molecular complexity index is 861. The first-order chi connectivity index (χ1) is 14.7. The van der Waals surface area contributed by atoms with E-state index < -0.39 is 29.7 Å². The molecule has 2 N–H and O–H groups in total. The molecule has 1 saturated carbocycles. The van der Waals surface area contributed by atoms with Gasteiger partial charge in [0.1, 0.15) is 5.75 Å². The first kappa shape index (κ1) is 21.0. The minimum absolute atomic E-state index is 0.103. The van der Waals surface area contributed by atoms with Gasteiger partial charge in [0.2, 0.25) is 5.91 Å². The van der Waals surface area contributed by atoms with E-state index >= 15 is 0 Å². The van der Waals surface area contributed by atoms with Crippen LogP contribution < -0.4 is 10.1 Å². The van der Waals surface area contributed by atoms with Gasteiger partial charge in [-0.25, -0.2) is 0 Å². The maximum atomic E-state index is 13.4. The van der Waals surface area contributed by atoms with E-state index in [1.807, 2.05) is 0 Å². The number of fused-ring (bicyclic) bond motifs is 2. The summed E-state index contributed by atoms with van der Waals surface area (Å²) in [5, 5.41) is 14.8. The van der Waals surface area contributed by atoms with E-state index in [0.717, 1.165) is 38.7 Å². The summed E-state index contributed by atoms with van der Waals surface area (Å²) in [7, 11) is 0. The third-order valence-electron chi connectivity index (χ3n) is 7.27. The minimum atomic E-state index is -4.80. The van der Waals surface area contributed by atoms with E-state index in [1.165, 1.54) is 6.07 Å². The summed E-state index contributed by atoms with van der Waals surface area (Å²) in [4.78, 5) is 19.2. The summed E-state index contributed by atoms with van der Waals surface area (Å²) in [6.45, 7) is 1.61. The van der Waals surface area contributed by atoms with Gasteiger partial charge in [-0.05, 0) is 43.7 Å². The number of nitrogens with one attached hydrogen (secondary N) is 1. The van der Waals surface area contributed by atoms with Gasteiger partial charge in [-0.15, -0.1) is 13.2 Å². The van der Waals surface area contributed by atoms with Crippen molar-refractivity contribution < 1.29 is 32.5 Å². The third kappa shape index (κ3) is 3.78. The highest BCUT2D eigenvalue weighted by molar-refractivity contribution is 5.87. The second-order valence-electron chi connectivity index (χ2n) is 9.12. The molecule has 1 amide bonds. The standard InChI is InChI=1S/C21H26F3N3O4/c22-21(23,24)31-15-7-12-11-27-17(8-16(12)25-10-15)18(28)20(19(27)29)4-1-14(9-20)26-13-2-5-30-6-3-13/h7,10,13-14,17-18,26,28H,1-6,8-9,11H2/t14-,17?,18?,20+/m1/s1. The molecule has 3 aliphatic heterocycles. The highest BCUT2D eigenvalue weighted by Crippen LogP contribution is 2.51. The third-order valence-corrected chi connectivity index (χ3v) is 7.27. The highest BCUT2D eigenvalue weighted by atomic mass is 19.4. The van der Waals surface area contributed by atoms with Crippen molar-refractivity contribution in [3.05, 3.63) is 23.5 Å². The highest BCUT2D eigenvalue weighted by Gasteiger charge is 2.62. The van der Waals surface area contributed by atoms with Crippen molar-refractivity contribution in [1.29, 1.82) is 0 Å². The summed E-state index contributed by atoms with van der Waals surface area (Å²) in [5.41, 5.74) is 0.306. The SMILES string of the molecule is O=C1N2Cc3cc(OC(F)(F)F)cnc3CC2C(O)[C@@]12CC[C@@H](NC1CCOCC1)C2. The normalized spacial score (nSPS) is 33.6. The van der Waals surface area contributed by atoms with Crippen LogP contribution in [0.25, 0.3) is 0 Å². The largest absolute Gasteiger partial charge is 0.573 e. The lowest BCUT2D eigenvalue weighted by atomic mass is 9.79. The fourth-order valence-corrected chi connectivity index (χ4v) is 5.80. The molecular formula is C21H26F3N3O4. The Kier molecular flexibility index (Phi) is 5.14. The van der Waals surface area contributed by atoms with Gasteiger partial charge in [-0.2, -0.15) is 0 Å². The van der Waals surface area contributed by atoms with Crippen LogP contribution in [-0.2, 0) is 22.5 Å². The van der Waals surface area contributed by atoms with Gasteiger partial charge in [0, 0.05) is 44.0 Å². The molecule has 7 nitrogen and oxygen atoms in total.